The zero-order valence-corrected chi connectivity index (χ0v) is 5.90. The quantitative estimate of drug-likeness (QED) is 0.521. The third kappa shape index (κ3) is 3.78. The predicted molar refractivity (Wildman–Crippen MR) is 36.2 cm³/mol. The van der Waals surface area contributed by atoms with Gasteiger partial charge >= 0.3 is 0 Å². The third-order valence-corrected chi connectivity index (χ3v) is 1.14. The normalized spacial score (nSPS) is 9.11. The molecule has 0 atom stereocenters. The molecule has 0 saturated carbocycles. The van der Waals surface area contributed by atoms with Crippen LogP contribution in [0.4, 0.5) is 0 Å². The Labute approximate surface area is 56.5 Å². The monoisotopic (exact) mass is 123 g/mol. The molecule has 0 rings (SSSR count). The molecule has 0 saturated heterocycles. The van der Waals surface area contributed by atoms with Gasteiger partial charge in [0.05, 0.1) is 0 Å². The van der Waals surface area contributed by atoms with E-state index in [1.54, 1.807) is 0 Å². The van der Waals surface area contributed by atoms with Crippen LogP contribution in [0.1, 0.15) is 26.7 Å². The minimum Gasteiger partial charge on any atom is -0.299 e. The number of ketones is 1. The molecule has 0 heterocycles. The summed E-state index contributed by atoms with van der Waals surface area (Å²) in [6, 6.07) is 0. The molecule has 0 N–H and O–H groups in total. The molecule has 0 amide bonds. The molecule has 0 aromatic heterocycles. The Kier molecular flexibility index (Phi) is 3.79. The Morgan fingerprint density at radius 3 is 2.56 bits per heavy atom. The van der Waals surface area contributed by atoms with E-state index in [-0.39, 0.29) is 11.7 Å². The number of rotatable bonds is 3. The Bertz CT molecular complexity index is 128. The lowest BCUT2D eigenvalue weighted by Gasteiger charge is -1.98. The van der Waals surface area contributed by atoms with Crippen LogP contribution in [-0.2, 0) is 4.79 Å². The molecule has 0 spiro atoms. The van der Waals surface area contributed by atoms with E-state index in [4.69, 9.17) is 6.42 Å². The highest BCUT2D eigenvalue weighted by Crippen LogP contribution is 1.99. The molecule has 9 heavy (non-hydrogen) atoms. The van der Waals surface area contributed by atoms with Gasteiger partial charge in [0.2, 0.25) is 0 Å². The van der Waals surface area contributed by atoms with Crippen LogP contribution in [0.5, 0.6) is 0 Å². The molecule has 0 aromatic rings. The van der Waals surface area contributed by atoms with E-state index >= 15 is 0 Å². The fourth-order valence-electron chi connectivity index (χ4n) is 0.474. The molecular formula is C8H11O. The molecule has 49 valence electrons. The summed E-state index contributed by atoms with van der Waals surface area (Å²) in [7, 11) is 0. The lowest BCUT2D eigenvalue weighted by atomic mass is 10.1. The van der Waals surface area contributed by atoms with Crippen LogP contribution in [0.15, 0.2) is 0 Å². The molecule has 0 aliphatic heterocycles. The molecule has 0 unspecified atom stereocenters. The lowest BCUT2D eigenvalue weighted by molar-refractivity contribution is -0.121. The van der Waals surface area contributed by atoms with Crippen molar-refractivity contribution in [2.75, 3.05) is 0 Å². The van der Waals surface area contributed by atoms with Gasteiger partial charge in [0.25, 0.3) is 0 Å². The van der Waals surface area contributed by atoms with Crippen LogP contribution in [0.2, 0.25) is 0 Å². The second kappa shape index (κ2) is 4.14. The Morgan fingerprint density at radius 2 is 2.22 bits per heavy atom. The maximum Gasteiger partial charge on any atom is 0.136 e. The van der Waals surface area contributed by atoms with Crippen molar-refractivity contribution in [1.82, 2.24) is 0 Å². The number of hydrogen-bond acceptors (Lipinski definition) is 1. The first kappa shape index (κ1) is 8.23. The minimum absolute atomic E-state index is 0.110. The van der Waals surface area contributed by atoms with Crippen molar-refractivity contribution in [3.8, 4) is 5.92 Å². The van der Waals surface area contributed by atoms with Gasteiger partial charge in [0.1, 0.15) is 5.78 Å². The molecule has 0 bridgehead atoms. The number of carbonyl (C=O) groups is 1. The van der Waals surface area contributed by atoms with E-state index in [0.29, 0.717) is 12.8 Å². The van der Waals surface area contributed by atoms with Gasteiger partial charge < -0.3 is 0 Å². The van der Waals surface area contributed by atoms with Crippen LogP contribution < -0.4 is 0 Å². The fourth-order valence-corrected chi connectivity index (χ4v) is 0.474. The topological polar surface area (TPSA) is 17.1 Å². The first-order valence-corrected chi connectivity index (χ1v) is 3.10. The Morgan fingerprint density at radius 1 is 1.67 bits per heavy atom. The van der Waals surface area contributed by atoms with Crippen molar-refractivity contribution in [2.45, 2.75) is 26.7 Å². The molecule has 1 radical (unpaired) electrons. The van der Waals surface area contributed by atoms with E-state index in [9.17, 15) is 4.79 Å². The lowest BCUT2D eigenvalue weighted by Crippen LogP contribution is -2.05. The minimum atomic E-state index is 0.110. The average molecular weight is 123 g/mol. The van der Waals surface area contributed by atoms with Gasteiger partial charge in [-0.3, -0.25) is 4.79 Å². The largest absolute Gasteiger partial charge is 0.299 e. The smallest absolute Gasteiger partial charge is 0.136 e. The maximum absolute atomic E-state index is 10.8. The summed E-state index contributed by atoms with van der Waals surface area (Å²) in [6.07, 6.45) is 7.48. The molecular weight excluding hydrogens is 112 g/mol. The van der Waals surface area contributed by atoms with E-state index in [0.717, 1.165) is 0 Å². The highest BCUT2D eigenvalue weighted by Gasteiger charge is 2.04. The fraction of sp³-hybridized carbons (Fsp3) is 0.625. The summed E-state index contributed by atoms with van der Waals surface area (Å²) in [4.78, 5) is 10.8. The van der Waals surface area contributed by atoms with Gasteiger partial charge in [-0.25, -0.2) is 0 Å². The van der Waals surface area contributed by atoms with Crippen molar-refractivity contribution in [3.05, 3.63) is 6.42 Å². The summed E-state index contributed by atoms with van der Waals surface area (Å²) >= 11 is 0. The van der Waals surface area contributed by atoms with Gasteiger partial charge in [-0.1, -0.05) is 19.8 Å². The van der Waals surface area contributed by atoms with Gasteiger partial charge in [-0.2, -0.15) is 0 Å². The van der Waals surface area contributed by atoms with Crippen molar-refractivity contribution < 1.29 is 4.79 Å². The SMILES string of the molecule is [C]#CCCC(=O)C(C)C. The molecule has 0 aromatic carbocycles. The highest BCUT2D eigenvalue weighted by molar-refractivity contribution is 5.80. The Hall–Kier alpha value is -0.770. The van der Waals surface area contributed by atoms with E-state index in [2.05, 4.69) is 5.92 Å². The number of carbonyl (C=O) groups excluding carboxylic acids is 1. The van der Waals surface area contributed by atoms with Crippen LogP contribution in [0, 0.1) is 18.3 Å². The second-order valence-electron chi connectivity index (χ2n) is 2.30. The summed E-state index contributed by atoms with van der Waals surface area (Å²) < 4.78 is 0. The average Bonchev–Trinajstić information content (AvgIpc) is 1.82. The van der Waals surface area contributed by atoms with Gasteiger partial charge in [0.15, 0.2) is 0 Å². The summed E-state index contributed by atoms with van der Waals surface area (Å²) in [5.74, 6) is 2.51. The molecule has 0 aliphatic carbocycles. The Balaban J connectivity index is 3.42. The number of Topliss-reactive ketones (excluding diaryl/α,β-unsaturated/α-hetero) is 1. The molecule has 1 nitrogen and oxygen atoms in total. The van der Waals surface area contributed by atoms with E-state index in [1.807, 2.05) is 13.8 Å². The van der Waals surface area contributed by atoms with E-state index in [1.165, 1.54) is 0 Å². The summed E-state index contributed by atoms with van der Waals surface area (Å²) in [6.45, 7) is 3.73. The summed E-state index contributed by atoms with van der Waals surface area (Å²) in [5, 5.41) is 0. The van der Waals surface area contributed by atoms with Gasteiger partial charge in [-0.15, -0.1) is 0 Å². The van der Waals surface area contributed by atoms with E-state index < -0.39 is 0 Å². The zero-order valence-electron chi connectivity index (χ0n) is 5.90. The van der Waals surface area contributed by atoms with Gasteiger partial charge in [0, 0.05) is 18.8 Å². The van der Waals surface area contributed by atoms with Crippen LogP contribution in [0.3, 0.4) is 0 Å². The molecule has 0 aliphatic rings. The summed E-state index contributed by atoms with van der Waals surface area (Å²) in [5.41, 5.74) is 0. The van der Waals surface area contributed by atoms with Crippen molar-refractivity contribution in [2.24, 2.45) is 5.92 Å². The maximum atomic E-state index is 10.8. The van der Waals surface area contributed by atoms with Crippen molar-refractivity contribution in [3.63, 3.8) is 0 Å². The van der Waals surface area contributed by atoms with Crippen LogP contribution in [-0.4, -0.2) is 5.78 Å². The van der Waals surface area contributed by atoms with Gasteiger partial charge in [-0.05, 0) is 6.42 Å². The van der Waals surface area contributed by atoms with Crippen LogP contribution in [0.25, 0.3) is 0 Å². The first-order valence-electron chi connectivity index (χ1n) is 3.10. The molecule has 0 fully saturated rings. The highest BCUT2D eigenvalue weighted by atomic mass is 16.1. The predicted octanol–water partition coefficient (Wildman–Crippen LogP) is 1.58. The standard InChI is InChI=1S/C8H11O/c1-4-5-6-8(9)7(2)3/h7H,5-6H2,2-3H3. The van der Waals surface area contributed by atoms with Crippen LogP contribution >= 0.6 is 0 Å². The zero-order chi connectivity index (χ0) is 7.28. The van der Waals surface area contributed by atoms with Crippen molar-refractivity contribution >= 4 is 5.78 Å². The second-order valence-corrected chi connectivity index (χ2v) is 2.30. The number of hydrogen-bond donors (Lipinski definition) is 0. The third-order valence-electron chi connectivity index (χ3n) is 1.14. The molecule has 1 heteroatoms. The van der Waals surface area contributed by atoms with Crippen molar-refractivity contribution in [1.29, 1.82) is 0 Å². The first-order chi connectivity index (χ1) is 4.18.